The van der Waals surface area contributed by atoms with Gasteiger partial charge in [0, 0.05) is 4.48 Å². The lowest BCUT2D eigenvalue weighted by Crippen LogP contribution is -2.08. The maximum atomic E-state index is 3.63. The van der Waals surface area contributed by atoms with Crippen molar-refractivity contribution in [2.45, 2.75) is 25.7 Å². The molecule has 1 saturated carbocycles. The monoisotopic (exact) mass is 226 g/mol. The van der Waals surface area contributed by atoms with Crippen molar-refractivity contribution in [3.8, 4) is 0 Å². The van der Waals surface area contributed by atoms with Crippen LogP contribution in [0.2, 0.25) is 0 Å². The normalized spacial score (nSPS) is 19.6. The Hall–Kier alpha value is -0.300. The van der Waals surface area contributed by atoms with Crippen molar-refractivity contribution in [2.75, 3.05) is 0 Å². The highest BCUT2D eigenvalue weighted by Crippen LogP contribution is 2.29. The number of rotatable bonds is 4. The van der Waals surface area contributed by atoms with E-state index in [-0.39, 0.29) is 0 Å². The third kappa shape index (κ3) is 3.40. The minimum atomic E-state index is 0.963. The molecule has 0 bridgehead atoms. The molecule has 1 aliphatic carbocycles. The average Bonchev–Trinajstić information content (AvgIpc) is 1.95. The molecule has 0 aromatic rings. The lowest BCUT2D eigenvalue weighted by molar-refractivity contribution is 0.319. The third-order valence-electron chi connectivity index (χ3n) is 2.25. The first-order chi connectivity index (χ1) is 5.83. The van der Waals surface area contributed by atoms with E-state index in [1.807, 2.05) is 6.08 Å². The van der Waals surface area contributed by atoms with Crippen LogP contribution < -0.4 is 0 Å². The summed E-state index contributed by atoms with van der Waals surface area (Å²) in [5, 5.41) is 0. The van der Waals surface area contributed by atoms with Gasteiger partial charge in [0.1, 0.15) is 0 Å². The Kier molecular flexibility index (Phi) is 4.37. The predicted molar refractivity (Wildman–Crippen MR) is 58.3 cm³/mol. The van der Waals surface area contributed by atoms with Gasteiger partial charge >= 0.3 is 0 Å². The Labute approximate surface area is 83.2 Å². The Morgan fingerprint density at radius 1 is 1.50 bits per heavy atom. The maximum Gasteiger partial charge on any atom is 0.0171 e. The van der Waals surface area contributed by atoms with Crippen LogP contribution in [0.5, 0.6) is 0 Å². The molecule has 1 heteroatoms. The molecule has 66 valence electrons. The Bertz CT molecular complexity index is 197. The third-order valence-corrected chi connectivity index (χ3v) is 2.78. The molecule has 0 heterocycles. The van der Waals surface area contributed by atoms with Gasteiger partial charge in [0.05, 0.1) is 0 Å². The minimum absolute atomic E-state index is 0.963. The van der Waals surface area contributed by atoms with E-state index >= 15 is 0 Å². The van der Waals surface area contributed by atoms with Crippen LogP contribution in [-0.4, -0.2) is 0 Å². The standard InChI is InChI=1S/C11H15Br/c1-2-5-11(12)9-4-8-10-6-3-7-10/h2,4-5,9-10H,1,3,6-8H2/b9-4-,11-5+. The van der Waals surface area contributed by atoms with Crippen LogP contribution in [0.3, 0.4) is 0 Å². The summed E-state index contributed by atoms with van der Waals surface area (Å²) in [5.41, 5.74) is 0. The van der Waals surface area contributed by atoms with E-state index in [1.165, 1.54) is 25.7 Å². The van der Waals surface area contributed by atoms with E-state index in [0.29, 0.717) is 0 Å². The molecule has 12 heavy (non-hydrogen) atoms. The lowest BCUT2D eigenvalue weighted by atomic mass is 9.83. The number of allylic oxidation sites excluding steroid dienone is 5. The highest BCUT2D eigenvalue weighted by atomic mass is 79.9. The first-order valence-corrected chi connectivity index (χ1v) is 5.27. The van der Waals surface area contributed by atoms with Crippen LogP contribution in [-0.2, 0) is 0 Å². The molecule has 0 saturated heterocycles. The van der Waals surface area contributed by atoms with Gasteiger partial charge in [-0.15, -0.1) is 0 Å². The van der Waals surface area contributed by atoms with E-state index in [2.05, 4.69) is 34.7 Å². The average molecular weight is 227 g/mol. The molecule has 0 unspecified atom stereocenters. The fourth-order valence-corrected chi connectivity index (χ4v) is 1.64. The SMILES string of the molecule is C=C/C=C(Br)\C=C/CC1CCC1. The highest BCUT2D eigenvalue weighted by molar-refractivity contribution is 9.11. The predicted octanol–water partition coefficient (Wildman–Crippen LogP) is 4.20. The van der Waals surface area contributed by atoms with Crippen molar-refractivity contribution in [1.82, 2.24) is 0 Å². The first-order valence-electron chi connectivity index (χ1n) is 4.47. The van der Waals surface area contributed by atoms with Gasteiger partial charge in [0.2, 0.25) is 0 Å². The molecular formula is C11H15Br. The van der Waals surface area contributed by atoms with Crippen LogP contribution in [0.1, 0.15) is 25.7 Å². The van der Waals surface area contributed by atoms with Crippen LogP contribution in [0.15, 0.2) is 35.4 Å². The molecular weight excluding hydrogens is 212 g/mol. The second kappa shape index (κ2) is 5.36. The van der Waals surface area contributed by atoms with Gasteiger partial charge in [-0.05, 0) is 18.4 Å². The summed E-state index contributed by atoms with van der Waals surface area (Å²) in [4.78, 5) is 0. The molecule has 0 N–H and O–H groups in total. The van der Waals surface area contributed by atoms with Crippen molar-refractivity contribution in [1.29, 1.82) is 0 Å². The van der Waals surface area contributed by atoms with E-state index in [9.17, 15) is 0 Å². The van der Waals surface area contributed by atoms with E-state index in [1.54, 1.807) is 6.08 Å². The molecule has 0 aliphatic heterocycles. The van der Waals surface area contributed by atoms with Gasteiger partial charge in [-0.3, -0.25) is 0 Å². The van der Waals surface area contributed by atoms with Gasteiger partial charge in [0.25, 0.3) is 0 Å². The zero-order chi connectivity index (χ0) is 8.81. The largest absolute Gasteiger partial charge is 0.0990 e. The molecule has 0 aromatic heterocycles. The van der Waals surface area contributed by atoms with Crippen LogP contribution in [0, 0.1) is 5.92 Å². The fraction of sp³-hybridized carbons (Fsp3) is 0.455. The summed E-state index contributed by atoms with van der Waals surface area (Å²) in [7, 11) is 0. The van der Waals surface area contributed by atoms with Gasteiger partial charge in [-0.2, -0.15) is 0 Å². The summed E-state index contributed by atoms with van der Waals surface area (Å²) in [6.45, 7) is 3.63. The van der Waals surface area contributed by atoms with Crippen LogP contribution >= 0.6 is 15.9 Å². The maximum absolute atomic E-state index is 3.63. The van der Waals surface area contributed by atoms with Gasteiger partial charge in [-0.1, -0.05) is 60.0 Å². The Morgan fingerprint density at radius 3 is 2.75 bits per heavy atom. The van der Waals surface area contributed by atoms with Crippen LogP contribution in [0.4, 0.5) is 0 Å². The van der Waals surface area contributed by atoms with Crippen LogP contribution in [0.25, 0.3) is 0 Å². The zero-order valence-electron chi connectivity index (χ0n) is 7.30. The summed E-state index contributed by atoms with van der Waals surface area (Å²) in [6, 6.07) is 0. The molecule has 1 aliphatic rings. The molecule has 0 atom stereocenters. The molecule has 1 rings (SSSR count). The van der Waals surface area contributed by atoms with Crippen molar-refractivity contribution < 1.29 is 0 Å². The van der Waals surface area contributed by atoms with Crippen molar-refractivity contribution in [2.24, 2.45) is 5.92 Å². The van der Waals surface area contributed by atoms with Gasteiger partial charge in [0.15, 0.2) is 0 Å². The number of halogens is 1. The lowest BCUT2D eigenvalue weighted by Gasteiger charge is -2.23. The zero-order valence-corrected chi connectivity index (χ0v) is 8.89. The molecule has 0 spiro atoms. The van der Waals surface area contributed by atoms with E-state index < -0.39 is 0 Å². The second-order valence-corrected chi connectivity index (χ2v) is 4.14. The van der Waals surface area contributed by atoms with Gasteiger partial charge < -0.3 is 0 Å². The summed E-state index contributed by atoms with van der Waals surface area (Å²) in [6.07, 6.45) is 13.6. The Balaban J connectivity index is 2.19. The minimum Gasteiger partial charge on any atom is -0.0990 e. The first kappa shape index (κ1) is 9.79. The van der Waals surface area contributed by atoms with Crippen molar-refractivity contribution in [3.05, 3.63) is 35.4 Å². The molecule has 1 fully saturated rings. The Morgan fingerprint density at radius 2 is 2.25 bits per heavy atom. The smallest absolute Gasteiger partial charge is 0.0171 e. The van der Waals surface area contributed by atoms with Gasteiger partial charge in [-0.25, -0.2) is 0 Å². The topological polar surface area (TPSA) is 0 Å². The highest BCUT2D eigenvalue weighted by Gasteiger charge is 2.14. The quantitative estimate of drug-likeness (QED) is 0.631. The molecule has 0 nitrogen and oxygen atoms in total. The van der Waals surface area contributed by atoms with E-state index in [4.69, 9.17) is 0 Å². The molecule has 0 radical (unpaired) electrons. The summed E-state index contributed by atoms with van der Waals surface area (Å²) in [5.74, 6) is 0.963. The van der Waals surface area contributed by atoms with E-state index in [0.717, 1.165) is 10.4 Å². The van der Waals surface area contributed by atoms with Crippen molar-refractivity contribution in [3.63, 3.8) is 0 Å². The second-order valence-electron chi connectivity index (χ2n) is 3.22. The molecule has 0 aromatic carbocycles. The van der Waals surface area contributed by atoms with Crippen molar-refractivity contribution >= 4 is 15.9 Å². The summed E-state index contributed by atoms with van der Waals surface area (Å²) < 4.78 is 1.11. The summed E-state index contributed by atoms with van der Waals surface area (Å²) >= 11 is 3.43. The molecule has 0 amide bonds. The number of hydrogen-bond acceptors (Lipinski definition) is 0. The fourth-order valence-electron chi connectivity index (χ4n) is 1.27. The number of hydrogen-bond donors (Lipinski definition) is 0.